The van der Waals surface area contributed by atoms with Gasteiger partial charge in [-0.2, -0.15) is 0 Å². The summed E-state index contributed by atoms with van der Waals surface area (Å²) in [4.78, 5) is 15.2. The monoisotopic (exact) mass is 368 g/mol. The van der Waals surface area contributed by atoms with Gasteiger partial charge in [-0.25, -0.2) is 0 Å². The van der Waals surface area contributed by atoms with E-state index in [4.69, 9.17) is 0 Å². The highest BCUT2D eigenvalue weighted by atomic mass is 16.2. The molecule has 0 saturated heterocycles. The minimum Gasteiger partial charge on any atom is -0.351 e. The topological polar surface area (TPSA) is 32.3 Å². The summed E-state index contributed by atoms with van der Waals surface area (Å²) in [6, 6.07) is 24.4. The number of hydrogen-bond acceptors (Lipinski definition) is 2. The van der Waals surface area contributed by atoms with Gasteiger partial charge in [0.05, 0.1) is 6.04 Å². The van der Waals surface area contributed by atoms with Crippen LogP contribution in [0.15, 0.2) is 84.6 Å². The molecule has 4 rings (SSSR count). The van der Waals surface area contributed by atoms with Crippen LogP contribution in [0, 0.1) is 20.8 Å². The van der Waals surface area contributed by atoms with Gasteiger partial charge in [0.1, 0.15) is 5.70 Å². The second-order valence-corrected chi connectivity index (χ2v) is 7.44. The minimum absolute atomic E-state index is 0.0185. The zero-order valence-electron chi connectivity index (χ0n) is 16.4. The van der Waals surface area contributed by atoms with Gasteiger partial charge in [0.15, 0.2) is 0 Å². The quantitative estimate of drug-likeness (QED) is 0.641. The van der Waals surface area contributed by atoms with E-state index in [1.807, 2.05) is 59.5 Å². The third-order valence-electron chi connectivity index (χ3n) is 5.11. The Morgan fingerprint density at radius 2 is 1.21 bits per heavy atom. The van der Waals surface area contributed by atoms with Gasteiger partial charge in [0.25, 0.3) is 5.91 Å². The number of hydrogen-bond donors (Lipinski definition) is 1. The van der Waals surface area contributed by atoms with Crippen molar-refractivity contribution < 1.29 is 4.79 Å². The fourth-order valence-corrected chi connectivity index (χ4v) is 3.44. The summed E-state index contributed by atoms with van der Waals surface area (Å²) in [5.41, 5.74) is 7.09. The van der Waals surface area contributed by atoms with Crippen LogP contribution >= 0.6 is 0 Å². The highest BCUT2D eigenvalue weighted by Crippen LogP contribution is 2.36. The molecule has 28 heavy (non-hydrogen) atoms. The molecule has 0 fully saturated rings. The van der Waals surface area contributed by atoms with Crippen LogP contribution < -0.4 is 10.2 Å². The first-order valence-corrected chi connectivity index (χ1v) is 9.53. The summed E-state index contributed by atoms with van der Waals surface area (Å²) in [6.07, 6.45) is 2.02. The molecule has 1 aliphatic rings. The van der Waals surface area contributed by atoms with E-state index in [1.54, 1.807) is 0 Å². The summed E-state index contributed by atoms with van der Waals surface area (Å²) in [5, 5.41) is 3.31. The average Bonchev–Trinajstić information content (AvgIpc) is 3.01. The summed E-state index contributed by atoms with van der Waals surface area (Å²) in [6.45, 7) is 6.17. The van der Waals surface area contributed by atoms with E-state index in [-0.39, 0.29) is 11.9 Å². The summed E-state index contributed by atoms with van der Waals surface area (Å²) in [7, 11) is 0. The fourth-order valence-electron chi connectivity index (χ4n) is 3.44. The highest BCUT2D eigenvalue weighted by Gasteiger charge is 2.34. The molecular formula is C25H24N2O. The molecule has 1 amide bonds. The van der Waals surface area contributed by atoms with Crippen LogP contribution in [0.1, 0.15) is 28.3 Å². The molecule has 0 saturated carbocycles. The van der Waals surface area contributed by atoms with Crippen LogP contribution in [0.5, 0.6) is 0 Å². The van der Waals surface area contributed by atoms with Gasteiger partial charge in [0.2, 0.25) is 0 Å². The van der Waals surface area contributed by atoms with Crippen LogP contribution in [0.3, 0.4) is 0 Å². The highest BCUT2D eigenvalue weighted by molar-refractivity contribution is 6.11. The number of nitrogens with zero attached hydrogens (tertiary/aromatic N) is 1. The lowest BCUT2D eigenvalue weighted by Gasteiger charge is -2.25. The lowest BCUT2D eigenvalue weighted by Crippen LogP contribution is -2.30. The van der Waals surface area contributed by atoms with Crippen molar-refractivity contribution in [2.75, 3.05) is 10.2 Å². The van der Waals surface area contributed by atoms with Crippen molar-refractivity contribution in [3.8, 4) is 0 Å². The van der Waals surface area contributed by atoms with Gasteiger partial charge in [0, 0.05) is 11.4 Å². The number of carbonyl (C=O) groups is 1. The van der Waals surface area contributed by atoms with Gasteiger partial charge < -0.3 is 5.32 Å². The van der Waals surface area contributed by atoms with E-state index in [9.17, 15) is 4.79 Å². The number of carbonyl (C=O) groups excluding carboxylic acids is 1. The molecule has 1 atom stereocenters. The van der Waals surface area contributed by atoms with E-state index in [2.05, 4.69) is 50.4 Å². The van der Waals surface area contributed by atoms with E-state index < -0.39 is 0 Å². The first-order chi connectivity index (χ1) is 13.5. The van der Waals surface area contributed by atoms with Crippen LogP contribution in [-0.2, 0) is 4.79 Å². The maximum atomic E-state index is 13.3. The smallest absolute Gasteiger partial charge is 0.275 e. The number of benzene rings is 3. The maximum Gasteiger partial charge on any atom is 0.275 e. The van der Waals surface area contributed by atoms with Crippen molar-refractivity contribution in [2.45, 2.75) is 26.8 Å². The number of nitrogens with one attached hydrogen (secondary N) is 1. The molecule has 140 valence electrons. The first-order valence-electron chi connectivity index (χ1n) is 9.53. The predicted molar refractivity (Wildman–Crippen MR) is 115 cm³/mol. The standard InChI is InChI=1S/C25H24N2O/c1-17-4-10-20(11-5-17)24-16-23(26-21-12-6-18(2)7-13-21)25(28)27(24)22-14-8-19(3)9-15-22/h4-16,24,26H,1-3H3/t24-/m0/s1. The van der Waals surface area contributed by atoms with E-state index in [1.165, 1.54) is 16.7 Å². The predicted octanol–water partition coefficient (Wildman–Crippen LogP) is 5.70. The van der Waals surface area contributed by atoms with Gasteiger partial charge >= 0.3 is 0 Å². The Hall–Kier alpha value is -3.33. The Kier molecular flexibility index (Phi) is 4.74. The first kappa shape index (κ1) is 18.1. The lowest BCUT2D eigenvalue weighted by atomic mass is 10.0. The van der Waals surface area contributed by atoms with Crippen molar-refractivity contribution in [1.82, 2.24) is 0 Å². The SMILES string of the molecule is Cc1ccc(NC2=C[C@@H](c3ccc(C)cc3)N(c3ccc(C)cc3)C2=O)cc1. The molecule has 0 aromatic heterocycles. The number of aryl methyl sites for hydroxylation is 3. The Morgan fingerprint density at radius 3 is 1.79 bits per heavy atom. The van der Waals surface area contributed by atoms with Gasteiger partial charge in [-0.15, -0.1) is 0 Å². The maximum absolute atomic E-state index is 13.3. The minimum atomic E-state index is -0.135. The molecule has 0 spiro atoms. The molecule has 1 aliphatic heterocycles. The third kappa shape index (κ3) is 3.56. The summed E-state index contributed by atoms with van der Waals surface area (Å²) >= 11 is 0. The number of anilines is 2. The zero-order valence-corrected chi connectivity index (χ0v) is 16.4. The third-order valence-corrected chi connectivity index (χ3v) is 5.11. The van der Waals surface area contributed by atoms with Gasteiger partial charge in [-0.3, -0.25) is 9.69 Å². The number of amides is 1. The molecule has 1 heterocycles. The molecular weight excluding hydrogens is 344 g/mol. The van der Waals surface area contributed by atoms with Crippen molar-refractivity contribution in [1.29, 1.82) is 0 Å². The van der Waals surface area contributed by atoms with Gasteiger partial charge in [-0.1, -0.05) is 65.2 Å². The molecule has 3 nitrogen and oxygen atoms in total. The lowest BCUT2D eigenvalue weighted by molar-refractivity contribution is -0.114. The molecule has 3 aromatic carbocycles. The molecule has 0 aliphatic carbocycles. The summed E-state index contributed by atoms with van der Waals surface area (Å²) in [5.74, 6) is -0.0185. The van der Waals surface area contributed by atoms with Gasteiger partial charge in [-0.05, 0) is 56.7 Å². The van der Waals surface area contributed by atoms with Crippen molar-refractivity contribution in [2.24, 2.45) is 0 Å². The molecule has 3 heteroatoms. The fraction of sp³-hybridized carbons (Fsp3) is 0.160. The Morgan fingerprint density at radius 1 is 0.714 bits per heavy atom. The van der Waals surface area contributed by atoms with Crippen molar-refractivity contribution >= 4 is 17.3 Å². The van der Waals surface area contributed by atoms with Crippen molar-refractivity contribution in [3.63, 3.8) is 0 Å². The van der Waals surface area contributed by atoms with Crippen LogP contribution in [0.25, 0.3) is 0 Å². The van der Waals surface area contributed by atoms with E-state index >= 15 is 0 Å². The van der Waals surface area contributed by atoms with E-state index in [0.717, 1.165) is 16.9 Å². The normalized spacial score (nSPS) is 16.2. The van der Waals surface area contributed by atoms with Crippen LogP contribution in [-0.4, -0.2) is 5.91 Å². The van der Waals surface area contributed by atoms with Crippen LogP contribution in [0.2, 0.25) is 0 Å². The van der Waals surface area contributed by atoms with Crippen LogP contribution in [0.4, 0.5) is 11.4 Å². The van der Waals surface area contributed by atoms with Crippen molar-refractivity contribution in [3.05, 3.63) is 107 Å². The molecule has 0 radical (unpaired) electrons. The largest absolute Gasteiger partial charge is 0.351 e. The second kappa shape index (κ2) is 7.35. The number of rotatable bonds is 4. The summed E-state index contributed by atoms with van der Waals surface area (Å²) < 4.78 is 0. The Balaban J connectivity index is 1.72. The average molecular weight is 368 g/mol. The molecule has 1 N–H and O–H groups in total. The molecule has 0 unspecified atom stereocenters. The zero-order chi connectivity index (χ0) is 19.7. The van der Waals surface area contributed by atoms with E-state index in [0.29, 0.717) is 5.70 Å². The Bertz CT molecular complexity index is 1020. The Labute approximate surface area is 166 Å². The second-order valence-electron chi connectivity index (χ2n) is 7.44. The molecule has 0 bridgehead atoms. The molecule has 3 aromatic rings.